The van der Waals surface area contributed by atoms with E-state index in [1.807, 2.05) is 22.6 Å². The molecule has 0 unspecified atom stereocenters. The highest BCUT2D eigenvalue weighted by Crippen LogP contribution is 2.29. The molecule has 0 N–H and O–H groups in total. The third-order valence-corrected chi connectivity index (χ3v) is 5.34. The van der Waals surface area contributed by atoms with Crippen molar-refractivity contribution in [1.82, 2.24) is 24.6 Å². The van der Waals surface area contributed by atoms with Crippen molar-refractivity contribution in [2.24, 2.45) is 0 Å². The lowest BCUT2D eigenvalue weighted by atomic mass is 10.3. The summed E-state index contributed by atoms with van der Waals surface area (Å²) in [6, 6.07) is 8.18. The summed E-state index contributed by atoms with van der Waals surface area (Å²) < 4.78 is 3.21. The zero-order valence-corrected chi connectivity index (χ0v) is 13.7. The first-order valence-corrected chi connectivity index (χ1v) is 8.75. The van der Waals surface area contributed by atoms with Crippen LogP contribution in [0.25, 0.3) is 15.9 Å². The molecule has 0 bridgehead atoms. The van der Waals surface area contributed by atoms with Gasteiger partial charge < -0.3 is 9.80 Å². The highest BCUT2D eigenvalue weighted by molar-refractivity contribution is 7.17. The van der Waals surface area contributed by atoms with Crippen molar-refractivity contribution in [1.29, 1.82) is 0 Å². The molecule has 8 heteroatoms. The van der Waals surface area contributed by atoms with Crippen molar-refractivity contribution in [2.75, 3.05) is 36.0 Å². The second kappa shape index (κ2) is 5.41. The van der Waals surface area contributed by atoms with E-state index in [0.717, 1.165) is 49.0 Å². The third-order valence-electron chi connectivity index (χ3n) is 4.44. The molecule has 120 valence electrons. The Morgan fingerprint density at radius 1 is 0.958 bits per heavy atom. The van der Waals surface area contributed by atoms with Gasteiger partial charge in [0.1, 0.15) is 24.3 Å². The van der Waals surface area contributed by atoms with E-state index in [9.17, 15) is 0 Å². The van der Waals surface area contributed by atoms with Crippen LogP contribution in [0.3, 0.4) is 0 Å². The molecule has 5 rings (SSSR count). The van der Waals surface area contributed by atoms with E-state index >= 15 is 0 Å². The number of hydrogen-bond acceptors (Lipinski definition) is 7. The SMILES string of the molecule is c1cc(N2CCN(c3ncnc4ccsc34)CC2)n2cnnc2c1. The van der Waals surface area contributed by atoms with E-state index < -0.39 is 0 Å². The molecule has 5 heterocycles. The van der Waals surface area contributed by atoms with Crippen LogP contribution >= 0.6 is 11.3 Å². The fourth-order valence-corrected chi connectivity index (χ4v) is 4.10. The molecule has 0 spiro atoms. The van der Waals surface area contributed by atoms with Crippen LogP contribution in [0.4, 0.5) is 11.6 Å². The molecular formula is C16H15N7S. The Kier molecular flexibility index (Phi) is 3.08. The van der Waals surface area contributed by atoms with Crippen molar-refractivity contribution in [3.8, 4) is 0 Å². The summed E-state index contributed by atoms with van der Waals surface area (Å²) in [5.41, 5.74) is 1.91. The highest BCUT2D eigenvalue weighted by Gasteiger charge is 2.21. The summed E-state index contributed by atoms with van der Waals surface area (Å²) in [7, 11) is 0. The first-order valence-electron chi connectivity index (χ1n) is 7.87. The standard InChI is InChI=1S/C16H15N7S/c1-2-13-20-19-11-23(13)14(3-1)21-5-7-22(8-6-21)16-15-12(4-9-24-15)17-10-18-16/h1-4,9-11H,5-8H2. The Bertz CT molecular complexity index is 918. The van der Waals surface area contributed by atoms with Crippen LogP contribution in [0.2, 0.25) is 0 Å². The van der Waals surface area contributed by atoms with E-state index in [2.05, 4.69) is 41.4 Å². The fourth-order valence-electron chi connectivity index (χ4n) is 3.24. The van der Waals surface area contributed by atoms with Gasteiger partial charge in [0, 0.05) is 26.2 Å². The number of thiophene rings is 1. The first-order chi connectivity index (χ1) is 11.9. The van der Waals surface area contributed by atoms with Crippen molar-refractivity contribution >= 4 is 38.8 Å². The van der Waals surface area contributed by atoms with Gasteiger partial charge in [-0.2, -0.15) is 0 Å². The normalized spacial score (nSPS) is 15.5. The van der Waals surface area contributed by atoms with Crippen LogP contribution in [0.15, 0.2) is 42.3 Å². The van der Waals surface area contributed by atoms with Crippen molar-refractivity contribution in [3.63, 3.8) is 0 Å². The molecular weight excluding hydrogens is 322 g/mol. The molecule has 1 aliphatic rings. The average molecular weight is 337 g/mol. The molecule has 4 aromatic heterocycles. The second-order valence-corrected chi connectivity index (χ2v) is 6.67. The molecule has 1 aliphatic heterocycles. The predicted molar refractivity (Wildman–Crippen MR) is 94.8 cm³/mol. The van der Waals surface area contributed by atoms with Crippen LogP contribution in [0, 0.1) is 0 Å². The Hall–Kier alpha value is -2.74. The van der Waals surface area contributed by atoms with E-state index in [1.165, 1.54) is 4.70 Å². The topological polar surface area (TPSA) is 62.5 Å². The Labute approximate surface area is 142 Å². The maximum Gasteiger partial charge on any atom is 0.162 e. The van der Waals surface area contributed by atoms with Gasteiger partial charge in [0.05, 0.1) is 10.2 Å². The fraction of sp³-hybridized carbons (Fsp3) is 0.250. The lowest BCUT2D eigenvalue weighted by molar-refractivity contribution is 0.640. The number of hydrogen-bond donors (Lipinski definition) is 0. The molecule has 0 aromatic carbocycles. The van der Waals surface area contributed by atoms with Gasteiger partial charge in [-0.05, 0) is 23.6 Å². The van der Waals surface area contributed by atoms with Crippen molar-refractivity contribution < 1.29 is 0 Å². The largest absolute Gasteiger partial charge is 0.354 e. The minimum atomic E-state index is 0.881. The molecule has 0 saturated carbocycles. The Balaban J connectivity index is 1.41. The summed E-state index contributed by atoms with van der Waals surface area (Å²) in [6.07, 6.45) is 3.44. The zero-order chi connectivity index (χ0) is 15.9. The zero-order valence-electron chi connectivity index (χ0n) is 12.9. The van der Waals surface area contributed by atoms with Crippen LogP contribution in [-0.4, -0.2) is 50.7 Å². The van der Waals surface area contributed by atoms with Gasteiger partial charge in [0.2, 0.25) is 0 Å². The van der Waals surface area contributed by atoms with Gasteiger partial charge >= 0.3 is 0 Å². The van der Waals surface area contributed by atoms with Gasteiger partial charge in [-0.15, -0.1) is 21.5 Å². The maximum atomic E-state index is 4.52. The number of nitrogens with zero attached hydrogens (tertiary/aromatic N) is 7. The quantitative estimate of drug-likeness (QED) is 0.558. The monoisotopic (exact) mass is 337 g/mol. The van der Waals surface area contributed by atoms with E-state index in [0.29, 0.717) is 0 Å². The summed E-state index contributed by atoms with van der Waals surface area (Å²) in [5, 5.41) is 10.2. The van der Waals surface area contributed by atoms with Gasteiger partial charge in [0.25, 0.3) is 0 Å². The predicted octanol–water partition coefficient (Wildman–Crippen LogP) is 2.06. The molecule has 1 saturated heterocycles. The summed E-state index contributed by atoms with van der Waals surface area (Å²) in [6.45, 7) is 3.74. The number of pyridine rings is 1. The number of aromatic nitrogens is 5. The lowest BCUT2D eigenvalue weighted by Gasteiger charge is -2.36. The molecule has 0 atom stereocenters. The number of rotatable bonds is 2. The van der Waals surface area contributed by atoms with Crippen LogP contribution in [-0.2, 0) is 0 Å². The van der Waals surface area contributed by atoms with E-state index in [4.69, 9.17) is 0 Å². The minimum Gasteiger partial charge on any atom is -0.354 e. The van der Waals surface area contributed by atoms with Crippen molar-refractivity contribution in [2.45, 2.75) is 0 Å². The molecule has 0 radical (unpaired) electrons. The third kappa shape index (κ3) is 2.10. The number of anilines is 2. The maximum absolute atomic E-state index is 4.52. The van der Waals surface area contributed by atoms with Crippen LogP contribution in [0.1, 0.15) is 0 Å². The summed E-state index contributed by atoms with van der Waals surface area (Å²) in [5.74, 6) is 2.19. The molecule has 24 heavy (non-hydrogen) atoms. The Morgan fingerprint density at radius 3 is 2.75 bits per heavy atom. The van der Waals surface area contributed by atoms with Gasteiger partial charge in [-0.25, -0.2) is 9.97 Å². The smallest absolute Gasteiger partial charge is 0.162 e. The van der Waals surface area contributed by atoms with Crippen molar-refractivity contribution in [3.05, 3.63) is 42.3 Å². The van der Waals surface area contributed by atoms with Gasteiger partial charge in [-0.3, -0.25) is 4.40 Å². The van der Waals surface area contributed by atoms with E-state index in [-0.39, 0.29) is 0 Å². The number of piperazine rings is 1. The highest BCUT2D eigenvalue weighted by atomic mass is 32.1. The summed E-state index contributed by atoms with van der Waals surface area (Å²) in [4.78, 5) is 13.6. The summed E-state index contributed by atoms with van der Waals surface area (Å²) >= 11 is 1.71. The minimum absolute atomic E-state index is 0.881. The molecule has 0 aliphatic carbocycles. The first kappa shape index (κ1) is 13.7. The van der Waals surface area contributed by atoms with Gasteiger partial charge in [-0.1, -0.05) is 6.07 Å². The van der Waals surface area contributed by atoms with E-state index in [1.54, 1.807) is 24.0 Å². The Morgan fingerprint density at radius 2 is 1.83 bits per heavy atom. The molecule has 7 nitrogen and oxygen atoms in total. The average Bonchev–Trinajstić information content (AvgIpc) is 3.30. The van der Waals surface area contributed by atoms with Gasteiger partial charge in [0.15, 0.2) is 5.65 Å². The lowest BCUT2D eigenvalue weighted by Crippen LogP contribution is -2.47. The van der Waals surface area contributed by atoms with Crippen LogP contribution < -0.4 is 9.80 Å². The molecule has 0 amide bonds. The number of fused-ring (bicyclic) bond motifs is 2. The van der Waals surface area contributed by atoms with Crippen LogP contribution in [0.5, 0.6) is 0 Å². The molecule has 1 fully saturated rings. The second-order valence-electron chi connectivity index (χ2n) is 5.75. The molecule has 4 aromatic rings.